The molecule has 1 amide bonds. The summed E-state index contributed by atoms with van der Waals surface area (Å²) in [5, 5.41) is 4.37. The van der Waals surface area contributed by atoms with Crippen molar-refractivity contribution in [3.05, 3.63) is 35.6 Å². The molecule has 1 aromatic carbocycles. The van der Waals surface area contributed by atoms with Crippen molar-refractivity contribution in [1.29, 1.82) is 0 Å². The first kappa shape index (κ1) is 17.1. The first-order chi connectivity index (χ1) is 11.7. The van der Waals surface area contributed by atoms with E-state index in [-0.39, 0.29) is 17.6 Å². The molecule has 2 saturated carbocycles. The van der Waals surface area contributed by atoms with Crippen LogP contribution in [0.4, 0.5) is 4.39 Å². The lowest BCUT2D eigenvalue weighted by molar-refractivity contribution is -0.122. The van der Waals surface area contributed by atoms with E-state index >= 15 is 0 Å². The van der Waals surface area contributed by atoms with Gasteiger partial charge in [0.05, 0.1) is 5.71 Å². The average molecular weight is 330 g/mol. The van der Waals surface area contributed by atoms with Crippen LogP contribution in [0.1, 0.15) is 63.9 Å². The molecule has 0 radical (unpaired) electrons. The summed E-state index contributed by atoms with van der Waals surface area (Å²) in [6.07, 6.45) is 9.19. The molecule has 0 unspecified atom stereocenters. The number of amides is 1. The van der Waals surface area contributed by atoms with Crippen molar-refractivity contribution in [1.82, 2.24) is 5.43 Å². The van der Waals surface area contributed by atoms with E-state index in [2.05, 4.69) is 17.5 Å². The fourth-order valence-electron chi connectivity index (χ4n) is 4.08. The summed E-state index contributed by atoms with van der Waals surface area (Å²) in [5.74, 6) is 1.11. The third-order valence-electron chi connectivity index (χ3n) is 5.42. The minimum absolute atomic E-state index is 0.0719. The summed E-state index contributed by atoms with van der Waals surface area (Å²) in [7, 11) is 0. The van der Waals surface area contributed by atoms with Crippen LogP contribution >= 0.6 is 0 Å². The Hall–Kier alpha value is -1.71. The first-order valence-electron chi connectivity index (χ1n) is 9.33. The maximum atomic E-state index is 13.1. The molecule has 2 aliphatic rings. The van der Waals surface area contributed by atoms with E-state index in [9.17, 15) is 9.18 Å². The number of fused-ring (bicyclic) bond motifs is 1. The number of hydrogen-bond acceptors (Lipinski definition) is 2. The van der Waals surface area contributed by atoms with Crippen molar-refractivity contribution in [3.63, 3.8) is 0 Å². The first-order valence-corrected chi connectivity index (χ1v) is 9.33. The molecule has 24 heavy (non-hydrogen) atoms. The Labute approximate surface area is 143 Å². The summed E-state index contributed by atoms with van der Waals surface area (Å²) >= 11 is 0. The number of halogens is 1. The highest BCUT2D eigenvalue weighted by molar-refractivity contribution is 6.01. The minimum Gasteiger partial charge on any atom is -0.273 e. The number of benzene rings is 1. The largest absolute Gasteiger partial charge is 0.273 e. The molecule has 3 rings (SSSR count). The average Bonchev–Trinajstić information content (AvgIpc) is 3.23. The Bertz CT molecular complexity index is 582. The third kappa shape index (κ3) is 4.03. The maximum Gasteiger partial charge on any atom is 0.243 e. The molecular weight excluding hydrogens is 303 g/mol. The van der Waals surface area contributed by atoms with Gasteiger partial charge in [0.15, 0.2) is 0 Å². The lowest BCUT2D eigenvalue weighted by atomic mass is 10.0. The molecule has 2 fully saturated rings. The van der Waals surface area contributed by atoms with Gasteiger partial charge in [-0.2, -0.15) is 5.10 Å². The van der Waals surface area contributed by atoms with Crippen molar-refractivity contribution in [2.24, 2.45) is 22.9 Å². The molecule has 2 atom stereocenters. The zero-order valence-corrected chi connectivity index (χ0v) is 14.4. The highest BCUT2D eigenvalue weighted by Gasteiger charge is 2.53. The molecule has 3 nitrogen and oxygen atoms in total. The number of rotatable bonds is 5. The van der Waals surface area contributed by atoms with Crippen LogP contribution in [0.3, 0.4) is 0 Å². The second-order valence-corrected chi connectivity index (χ2v) is 7.14. The van der Waals surface area contributed by atoms with Gasteiger partial charge >= 0.3 is 0 Å². The monoisotopic (exact) mass is 330 g/mol. The molecule has 130 valence electrons. The van der Waals surface area contributed by atoms with Crippen LogP contribution in [0.15, 0.2) is 29.4 Å². The van der Waals surface area contributed by atoms with Gasteiger partial charge in [-0.1, -0.05) is 51.2 Å². The Morgan fingerprint density at radius 2 is 1.75 bits per heavy atom. The molecule has 4 heteroatoms. The normalized spacial score (nSPS) is 26.9. The lowest BCUT2D eigenvalue weighted by Crippen LogP contribution is -2.23. The van der Waals surface area contributed by atoms with E-state index in [0.717, 1.165) is 24.1 Å². The summed E-state index contributed by atoms with van der Waals surface area (Å²) in [6.45, 7) is 2.07. The molecule has 0 saturated heterocycles. The predicted octanol–water partition coefficient (Wildman–Crippen LogP) is 4.66. The molecule has 2 aliphatic carbocycles. The number of carbonyl (C=O) groups excluding carboxylic acids is 1. The minimum atomic E-state index is -0.257. The van der Waals surface area contributed by atoms with E-state index in [1.54, 1.807) is 12.1 Å². The van der Waals surface area contributed by atoms with Gasteiger partial charge in [0.25, 0.3) is 0 Å². The highest BCUT2D eigenvalue weighted by Crippen LogP contribution is 2.53. The lowest BCUT2D eigenvalue weighted by Gasteiger charge is -2.06. The molecular formula is C20H27FN2O. The van der Waals surface area contributed by atoms with Gasteiger partial charge in [0, 0.05) is 5.92 Å². The van der Waals surface area contributed by atoms with Crippen molar-refractivity contribution >= 4 is 11.6 Å². The van der Waals surface area contributed by atoms with Gasteiger partial charge in [0.1, 0.15) is 5.82 Å². The van der Waals surface area contributed by atoms with E-state index in [0.29, 0.717) is 11.8 Å². The van der Waals surface area contributed by atoms with Crippen LogP contribution in [0, 0.1) is 23.6 Å². The summed E-state index contributed by atoms with van der Waals surface area (Å²) in [6, 6.07) is 6.32. The third-order valence-corrected chi connectivity index (χ3v) is 5.42. The van der Waals surface area contributed by atoms with Gasteiger partial charge in [0.2, 0.25) is 5.91 Å². The molecule has 1 aromatic rings. The molecule has 1 N–H and O–H groups in total. The zero-order chi connectivity index (χ0) is 16.9. The Morgan fingerprint density at radius 1 is 1.12 bits per heavy atom. The number of hydrazone groups is 1. The number of hydrogen-bond donors (Lipinski definition) is 1. The van der Waals surface area contributed by atoms with E-state index in [4.69, 9.17) is 0 Å². The van der Waals surface area contributed by atoms with Crippen LogP contribution in [0.5, 0.6) is 0 Å². The van der Waals surface area contributed by atoms with Crippen LogP contribution in [0.25, 0.3) is 0 Å². The second-order valence-electron chi connectivity index (χ2n) is 7.14. The predicted molar refractivity (Wildman–Crippen MR) is 94.2 cm³/mol. The molecule has 0 spiro atoms. The van der Waals surface area contributed by atoms with Crippen LogP contribution in [-0.2, 0) is 4.79 Å². The zero-order valence-electron chi connectivity index (χ0n) is 14.4. The van der Waals surface area contributed by atoms with Crippen molar-refractivity contribution in [3.8, 4) is 0 Å². The van der Waals surface area contributed by atoms with Crippen LogP contribution in [0.2, 0.25) is 0 Å². The maximum absolute atomic E-state index is 13.1. The molecule has 0 aliphatic heterocycles. The fraction of sp³-hybridized carbons (Fsp3) is 0.600. The van der Waals surface area contributed by atoms with Gasteiger partial charge in [-0.05, 0) is 48.8 Å². The van der Waals surface area contributed by atoms with E-state index in [1.165, 1.54) is 50.7 Å². The summed E-state index contributed by atoms with van der Waals surface area (Å²) in [5.41, 5.74) is 4.49. The quantitative estimate of drug-likeness (QED) is 0.619. The van der Waals surface area contributed by atoms with E-state index < -0.39 is 0 Å². The van der Waals surface area contributed by atoms with Crippen molar-refractivity contribution in [2.75, 3.05) is 0 Å². The highest BCUT2D eigenvalue weighted by atomic mass is 19.1. The van der Waals surface area contributed by atoms with Gasteiger partial charge < -0.3 is 0 Å². The SMILES string of the molecule is CCCC(=NNC(=O)C1[C@H]2CCCCCC[C@H]12)c1ccc(F)cc1. The van der Waals surface area contributed by atoms with Gasteiger partial charge in [-0.15, -0.1) is 0 Å². The van der Waals surface area contributed by atoms with Crippen LogP contribution < -0.4 is 5.43 Å². The van der Waals surface area contributed by atoms with Gasteiger partial charge in [-0.25, -0.2) is 9.82 Å². The van der Waals surface area contributed by atoms with Gasteiger partial charge in [-0.3, -0.25) is 4.79 Å². The number of nitrogens with one attached hydrogen (secondary N) is 1. The fourth-order valence-corrected chi connectivity index (χ4v) is 4.08. The second kappa shape index (κ2) is 7.91. The molecule has 0 aromatic heterocycles. The standard InChI is InChI=1S/C20H27FN2O/c1-2-7-18(14-10-12-15(21)13-11-14)22-23-20(24)19-16-8-5-3-4-6-9-17(16)19/h10-13,16-17,19H,2-9H2,1H3,(H,23,24)/t16-,17-/m0/s1. The van der Waals surface area contributed by atoms with Crippen molar-refractivity contribution in [2.45, 2.75) is 58.3 Å². The molecule has 0 heterocycles. The smallest absolute Gasteiger partial charge is 0.243 e. The Balaban J connectivity index is 1.63. The molecule has 0 bridgehead atoms. The Morgan fingerprint density at radius 3 is 2.33 bits per heavy atom. The number of carbonyl (C=O) groups is 1. The Kier molecular flexibility index (Phi) is 5.64. The van der Waals surface area contributed by atoms with Crippen molar-refractivity contribution < 1.29 is 9.18 Å². The topological polar surface area (TPSA) is 41.5 Å². The summed E-state index contributed by atoms with van der Waals surface area (Å²) in [4.78, 5) is 12.5. The van der Waals surface area contributed by atoms with E-state index in [1.807, 2.05) is 0 Å². The summed E-state index contributed by atoms with van der Waals surface area (Å²) < 4.78 is 13.1. The number of nitrogens with zero attached hydrogens (tertiary/aromatic N) is 1. The van der Waals surface area contributed by atoms with Crippen LogP contribution in [-0.4, -0.2) is 11.6 Å².